The van der Waals surface area contributed by atoms with Gasteiger partial charge in [-0.1, -0.05) is 0 Å². The molecule has 0 bridgehead atoms. The topological polar surface area (TPSA) is 133 Å². The summed E-state index contributed by atoms with van der Waals surface area (Å²) >= 11 is 3.47. The van der Waals surface area contributed by atoms with E-state index in [1.807, 2.05) is 0 Å². The zero-order chi connectivity index (χ0) is 19.7. The number of halogens is 1. The third kappa shape index (κ3) is 3.31. The minimum absolute atomic E-state index is 0.193. The van der Waals surface area contributed by atoms with Gasteiger partial charge in [0.2, 0.25) is 0 Å². The molecule has 140 valence electrons. The molecule has 0 fully saturated rings. The average Bonchev–Trinajstić information content (AvgIpc) is 2.99. The van der Waals surface area contributed by atoms with Crippen LogP contribution >= 0.6 is 15.9 Å². The van der Waals surface area contributed by atoms with Crippen LogP contribution in [0.1, 0.15) is 16.1 Å². The Balaban J connectivity index is 2.14. The van der Waals surface area contributed by atoms with Crippen LogP contribution in [0.15, 0.2) is 22.9 Å². The normalized spacial score (nSPS) is 10.7. The second-order valence-electron chi connectivity index (χ2n) is 5.91. The van der Waals surface area contributed by atoms with Gasteiger partial charge in [0.1, 0.15) is 29.2 Å². The van der Waals surface area contributed by atoms with Crippen LogP contribution in [0.5, 0.6) is 5.75 Å². The van der Waals surface area contributed by atoms with Gasteiger partial charge in [-0.15, -0.1) is 0 Å². The largest absolute Gasteiger partial charge is 0.494 e. The number of aromatic amines is 1. The number of nitrogen functional groups attached to an aromatic ring is 1. The van der Waals surface area contributed by atoms with Gasteiger partial charge in [-0.05, 0) is 22.0 Å². The molecule has 1 amide bonds. The van der Waals surface area contributed by atoms with Crippen LogP contribution in [-0.2, 0) is 0 Å². The molecule has 27 heavy (non-hydrogen) atoms. The summed E-state index contributed by atoms with van der Waals surface area (Å²) in [6.07, 6.45) is 2.55. The highest BCUT2D eigenvalue weighted by Crippen LogP contribution is 2.36. The van der Waals surface area contributed by atoms with Gasteiger partial charge in [0.15, 0.2) is 0 Å². The van der Waals surface area contributed by atoms with Gasteiger partial charge in [0.25, 0.3) is 5.91 Å². The monoisotopic (exact) mass is 431 g/mol. The average molecular weight is 432 g/mol. The van der Waals surface area contributed by atoms with Crippen molar-refractivity contribution in [3.05, 3.63) is 34.2 Å². The maximum atomic E-state index is 12.4. The smallest absolute Gasteiger partial charge is 0.271 e. The summed E-state index contributed by atoms with van der Waals surface area (Å²) in [6.45, 7) is 0. The number of carbonyl (C=O) groups is 1. The molecular formula is C17H18BrN7O2. The lowest BCUT2D eigenvalue weighted by atomic mass is 10.1. The maximum Gasteiger partial charge on any atom is 0.271 e. The molecule has 9 nitrogen and oxygen atoms in total. The molecule has 3 aromatic rings. The first kappa shape index (κ1) is 18.6. The van der Waals surface area contributed by atoms with E-state index >= 15 is 0 Å². The molecule has 5 N–H and O–H groups in total. The zero-order valence-electron chi connectivity index (χ0n) is 14.9. The lowest BCUT2D eigenvalue weighted by Crippen LogP contribution is -2.22. The summed E-state index contributed by atoms with van der Waals surface area (Å²) in [5.74, 6) is 0.781. The van der Waals surface area contributed by atoms with E-state index in [4.69, 9.17) is 15.9 Å². The van der Waals surface area contributed by atoms with Crippen LogP contribution in [0.25, 0.3) is 11.0 Å². The van der Waals surface area contributed by atoms with Gasteiger partial charge < -0.3 is 31.1 Å². The number of H-pyrrole nitrogens is 1. The number of nitrogens with zero attached hydrogens (tertiary/aromatic N) is 3. The number of nitrogens with two attached hydrogens (primary N) is 1. The van der Waals surface area contributed by atoms with Crippen molar-refractivity contribution in [1.82, 2.24) is 19.9 Å². The lowest BCUT2D eigenvalue weighted by molar-refractivity contribution is 0.0822. The summed E-state index contributed by atoms with van der Waals surface area (Å²) in [5, 5.41) is 11.3. The summed E-state index contributed by atoms with van der Waals surface area (Å²) in [4.78, 5) is 25.3. The van der Waals surface area contributed by atoms with Crippen LogP contribution in [0.2, 0.25) is 0 Å². The second-order valence-corrected chi connectivity index (χ2v) is 6.70. The molecule has 0 aliphatic carbocycles. The first-order chi connectivity index (χ1) is 12.9. The number of benzene rings is 1. The van der Waals surface area contributed by atoms with Crippen molar-refractivity contribution in [2.45, 2.75) is 0 Å². The molecule has 10 heteroatoms. The Hall–Kier alpha value is -3.14. The number of hydrogen-bond acceptors (Lipinski definition) is 7. The second kappa shape index (κ2) is 7.23. The van der Waals surface area contributed by atoms with E-state index < -0.39 is 0 Å². The molecule has 1 aromatic carbocycles. The Labute approximate surface area is 163 Å². The number of rotatable bonds is 5. The first-order valence-corrected chi connectivity index (χ1v) is 8.65. The van der Waals surface area contributed by atoms with Crippen molar-refractivity contribution in [2.24, 2.45) is 0 Å². The molecule has 2 heterocycles. The molecule has 0 atom stereocenters. The van der Waals surface area contributed by atoms with E-state index in [1.54, 1.807) is 26.2 Å². The van der Waals surface area contributed by atoms with E-state index in [0.717, 1.165) is 6.21 Å². The van der Waals surface area contributed by atoms with E-state index in [9.17, 15) is 4.79 Å². The summed E-state index contributed by atoms with van der Waals surface area (Å²) in [5.41, 5.74) is 8.35. The number of aromatic nitrogens is 3. The van der Waals surface area contributed by atoms with E-state index in [1.165, 1.54) is 18.3 Å². The van der Waals surface area contributed by atoms with Crippen molar-refractivity contribution < 1.29 is 9.53 Å². The highest BCUT2D eigenvalue weighted by molar-refractivity contribution is 9.10. The fourth-order valence-electron chi connectivity index (χ4n) is 2.58. The lowest BCUT2D eigenvalue weighted by Gasteiger charge is -2.13. The Morgan fingerprint density at radius 2 is 2.15 bits per heavy atom. The van der Waals surface area contributed by atoms with E-state index in [-0.39, 0.29) is 5.91 Å². The number of amides is 1. The van der Waals surface area contributed by atoms with E-state index in [0.29, 0.717) is 49.7 Å². The van der Waals surface area contributed by atoms with Crippen molar-refractivity contribution in [1.29, 1.82) is 5.41 Å². The molecule has 0 spiro atoms. The highest BCUT2D eigenvalue weighted by atomic mass is 79.9. The molecular weight excluding hydrogens is 414 g/mol. The van der Waals surface area contributed by atoms with Gasteiger partial charge in [-0.2, -0.15) is 0 Å². The number of nitrogens with one attached hydrogen (secondary N) is 3. The maximum absolute atomic E-state index is 12.4. The number of carbonyl (C=O) groups excluding carboxylic acids is 1. The van der Waals surface area contributed by atoms with Crippen molar-refractivity contribution in [3.63, 3.8) is 0 Å². The van der Waals surface area contributed by atoms with Gasteiger partial charge in [0, 0.05) is 37.6 Å². The predicted octanol–water partition coefficient (Wildman–Crippen LogP) is 2.75. The summed E-state index contributed by atoms with van der Waals surface area (Å²) in [6, 6.07) is 3.33. The predicted molar refractivity (Wildman–Crippen MR) is 108 cm³/mol. The highest BCUT2D eigenvalue weighted by Gasteiger charge is 2.21. The Bertz CT molecular complexity index is 1050. The van der Waals surface area contributed by atoms with Gasteiger partial charge in [-0.3, -0.25) is 4.79 Å². The number of hydrogen-bond donors (Lipinski definition) is 4. The fourth-order valence-corrected chi connectivity index (χ4v) is 3.23. The van der Waals surface area contributed by atoms with Crippen LogP contribution in [0.4, 0.5) is 17.2 Å². The van der Waals surface area contributed by atoms with Gasteiger partial charge >= 0.3 is 0 Å². The van der Waals surface area contributed by atoms with Gasteiger partial charge in [-0.25, -0.2) is 9.97 Å². The Morgan fingerprint density at radius 3 is 2.78 bits per heavy atom. The van der Waals surface area contributed by atoms with Crippen LogP contribution in [-0.4, -0.2) is 53.2 Å². The van der Waals surface area contributed by atoms with Crippen LogP contribution in [0, 0.1) is 5.41 Å². The van der Waals surface area contributed by atoms with Crippen molar-refractivity contribution >= 4 is 56.3 Å². The zero-order valence-corrected chi connectivity index (χ0v) is 16.5. The third-order valence-corrected chi connectivity index (χ3v) is 4.76. The standard InChI is InChI=1S/C17H18BrN7O2/c1-25(2)17(26)14-13(18)12-15(21-7-22-16(12)24-14)23-10-4-8(6-19)9(20)5-11(10)27-3/h4-7,19H,20H2,1-3H3,(H2,21,22,23,24). The minimum Gasteiger partial charge on any atom is -0.494 e. The first-order valence-electron chi connectivity index (χ1n) is 7.86. The number of ether oxygens (including phenoxy) is 1. The number of anilines is 3. The molecule has 0 aliphatic rings. The fraction of sp³-hybridized carbons (Fsp3) is 0.176. The van der Waals surface area contributed by atoms with Crippen molar-refractivity contribution in [2.75, 3.05) is 32.3 Å². The molecule has 0 unspecified atom stereocenters. The van der Waals surface area contributed by atoms with E-state index in [2.05, 4.69) is 36.2 Å². The third-order valence-electron chi connectivity index (χ3n) is 3.96. The molecule has 3 rings (SSSR count). The quantitative estimate of drug-likeness (QED) is 0.362. The molecule has 2 aromatic heterocycles. The van der Waals surface area contributed by atoms with Crippen LogP contribution < -0.4 is 15.8 Å². The SMILES string of the molecule is COc1cc(N)c(C=N)cc1Nc1ncnc2[nH]c(C(=O)N(C)C)c(Br)c12. The van der Waals surface area contributed by atoms with Crippen molar-refractivity contribution in [3.8, 4) is 5.75 Å². The minimum atomic E-state index is -0.193. The molecule has 0 saturated carbocycles. The number of fused-ring (bicyclic) bond motifs is 1. The Morgan fingerprint density at radius 1 is 1.41 bits per heavy atom. The van der Waals surface area contributed by atoms with Crippen LogP contribution in [0.3, 0.4) is 0 Å². The Kier molecular flexibility index (Phi) is 5.00. The molecule has 0 radical (unpaired) electrons. The molecule has 0 aliphatic heterocycles. The van der Waals surface area contributed by atoms with Gasteiger partial charge in [0.05, 0.1) is 22.7 Å². The summed E-state index contributed by atoms with van der Waals surface area (Å²) in [7, 11) is 4.87. The summed E-state index contributed by atoms with van der Waals surface area (Å²) < 4.78 is 5.93. The molecule has 0 saturated heterocycles. The number of methoxy groups -OCH3 is 1.